The van der Waals surface area contributed by atoms with E-state index in [1.807, 2.05) is 32.0 Å². The van der Waals surface area contributed by atoms with E-state index < -0.39 is 10.0 Å². The molecule has 24 heavy (non-hydrogen) atoms. The summed E-state index contributed by atoms with van der Waals surface area (Å²) >= 11 is 0. The van der Waals surface area contributed by atoms with Crippen molar-refractivity contribution in [2.24, 2.45) is 0 Å². The summed E-state index contributed by atoms with van der Waals surface area (Å²) in [6.45, 7) is 6.96. The number of amides is 1. The van der Waals surface area contributed by atoms with Crippen molar-refractivity contribution in [3.05, 3.63) is 29.3 Å². The van der Waals surface area contributed by atoms with E-state index in [-0.39, 0.29) is 5.91 Å². The minimum absolute atomic E-state index is 0.0134. The van der Waals surface area contributed by atoms with Crippen LogP contribution in [0.25, 0.3) is 0 Å². The van der Waals surface area contributed by atoms with Crippen LogP contribution in [0, 0.1) is 13.8 Å². The van der Waals surface area contributed by atoms with Gasteiger partial charge in [0.2, 0.25) is 15.9 Å². The monoisotopic (exact) mass is 354 g/mol. The molecule has 1 rings (SSSR count). The van der Waals surface area contributed by atoms with Gasteiger partial charge in [0.15, 0.2) is 0 Å². The molecule has 6 heteroatoms. The van der Waals surface area contributed by atoms with E-state index in [0.29, 0.717) is 31.6 Å². The zero-order valence-corrected chi connectivity index (χ0v) is 16.1. The lowest BCUT2D eigenvalue weighted by Crippen LogP contribution is -2.32. The number of anilines is 1. The SMILES string of the molecule is CCCCCNC(=O)CCCN(c1cc(C)ccc1C)S(C)(=O)=O. The average Bonchev–Trinajstić information content (AvgIpc) is 2.50. The number of nitrogens with zero attached hydrogens (tertiary/aromatic N) is 1. The maximum absolute atomic E-state index is 12.1. The lowest BCUT2D eigenvalue weighted by Gasteiger charge is -2.24. The van der Waals surface area contributed by atoms with Crippen molar-refractivity contribution in [2.45, 2.75) is 52.9 Å². The first-order valence-electron chi connectivity index (χ1n) is 8.57. The lowest BCUT2D eigenvalue weighted by molar-refractivity contribution is -0.121. The van der Waals surface area contributed by atoms with Crippen LogP contribution in [0.3, 0.4) is 0 Å². The highest BCUT2D eigenvalue weighted by Crippen LogP contribution is 2.24. The van der Waals surface area contributed by atoms with E-state index in [4.69, 9.17) is 0 Å². The van der Waals surface area contributed by atoms with Gasteiger partial charge in [-0.25, -0.2) is 8.42 Å². The molecule has 0 bridgehead atoms. The molecule has 1 amide bonds. The fourth-order valence-corrected chi connectivity index (χ4v) is 3.54. The van der Waals surface area contributed by atoms with Crippen molar-refractivity contribution in [3.63, 3.8) is 0 Å². The summed E-state index contributed by atoms with van der Waals surface area (Å²) in [6, 6.07) is 5.76. The number of aryl methyl sites for hydroxylation is 2. The molecular weight excluding hydrogens is 324 g/mol. The minimum atomic E-state index is -3.38. The van der Waals surface area contributed by atoms with E-state index in [2.05, 4.69) is 12.2 Å². The van der Waals surface area contributed by atoms with Gasteiger partial charge in [0.05, 0.1) is 11.9 Å². The zero-order valence-electron chi connectivity index (χ0n) is 15.3. The Balaban J connectivity index is 2.63. The molecule has 0 saturated carbocycles. The maximum Gasteiger partial charge on any atom is 0.232 e. The molecule has 0 saturated heterocycles. The molecule has 1 aromatic rings. The number of unbranched alkanes of at least 4 members (excludes halogenated alkanes) is 2. The van der Waals surface area contributed by atoms with Gasteiger partial charge in [-0.15, -0.1) is 0 Å². The summed E-state index contributed by atoms with van der Waals surface area (Å²) < 4.78 is 25.7. The molecule has 0 unspecified atom stereocenters. The normalized spacial score (nSPS) is 11.3. The van der Waals surface area contributed by atoms with E-state index in [9.17, 15) is 13.2 Å². The van der Waals surface area contributed by atoms with Crippen LogP contribution in [0.5, 0.6) is 0 Å². The largest absolute Gasteiger partial charge is 0.356 e. The maximum atomic E-state index is 12.1. The lowest BCUT2D eigenvalue weighted by atomic mass is 10.1. The predicted molar refractivity (Wildman–Crippen MR) is 99.9 cm³/mol. The highest BCUT2D eigenvalue weighted by molar-refractivity contribution is 7.92. The molecule has 5 nitrogen and oxygen atoms in total. The molecule has 1 N–H and O–H groups in total. The van der Waals surface area contributed by atoms with E-state index >= 15 is 0 Å². The molecule has 0 heterocycles. The first kappa shape index (κ1) is 20.5. The smallest absolute Gasteiger partial charge is 0.232 e. The van der Waals surface area contributed by atoms with Crippen LogP contribution in [0.4, 0.5) is 5.69 Å². The van der Waals surface area contributed by atoms with E-state index in [0.717, 1.165) is 30.4 Å². The van der Waals surface area contributed by atoms with Gasteiger partial charge in [-0.1, -0.05) is 31.9 Å². The van der Waals surface area contributed by atoms with Gasteiger partial charge in [0.1, 0.15) is 0 Å². The van der Waals surface area contributed by atoms with Crippen LogP contribution in [0.2, 0.25) is 0 Å². The second kappa shape index (κ2) is 9.67. The number of hydrogen-bond acceptors (Lipinski definition) is 3. The molecule has 0 spiro atoms. The molecular formula is C18H30N2O3S. The third kappa shape index (κ3) is 6.91. The number of sulfonamides is 1. The standard InChI is InChI=1S/C18H30N2O3S/c1-5-6-7-12-19-18(21)9-8-13-20(24(4,22)23)17-14-15(2)10-11-16(17)3/h10-11,14H,5-9,12-13H2,1-4H3,(H,19,21). The molecule has 0 aromatic heterocycles. The van der Waals surface area contributed by atoms with E-state index in [1.54, 1.807) is 0 Å². The molecule has 0 aliphatic rings. The van der Waals surface area contributed by atoms with Gasteiger partial charge in [0, 0.05) is 19.5 Å². The zero-order chi connectivity index (χ0) is 18.2. The van der Waals surface area contributed by atoms with Crippen molar-refractivity contribution < 1.29 is 13.2 Å². The molecule has 0 fully saturated rings. The quantitative estimate of drug-likeness (QED) is 0.656. The van der Waals surface area contributed by atoms with Gasteiger partial charge >= 0.3 is 0 Å². The number of benzene rings is 1. The van der Waals surface area contributed by atoms with Crippen molar-refractivity contribution in [2.75, 3.05) is 23.7 Å². The Morgan fingerprint density at radius 1 is 1.17 bits per heavy atom. The Kier molecular flexibility index (Phi) is 8.25. The summed E-state index contributed by atoms with van der Waals surface area (Å²) in [5, 5.41) is 2.88. The predicted octanol–water partition coefficient (Wildman–Crippen LogP) is 3.16. The Labute approximate surface area is 146 Å². The van der Waals surface area contributed by atoms with Crippen LogP contribution in [-0.4, -0.2) is 33.7 Å². The topological polar surface area (TPSA) is 66.5 Å². The summed E-state index contributed by atoms with van der Waals surface area (Å²) in [5.41, 5.74) is 2.62. The van der Waals surface area contributed by atoms with Gasteiger partial charge < -0.3 is 5.32 Å². The number of nitrogens with one attached hydrogen (secondary N) is 1. The molecule has 0 aliphatic carbocycles. The van der Waals surface area contributed by atoms with Gasteiger partial charge in [-0.2, -0.15) is 0 Å². The van der Waals surface area contributed by atoms with Crippen molar-refractivity contribution in [3.8, 4) is 0 Å². The number of hydrogen-bond donors (Lipinski definition) is 1. The second-order valence-electron chi connectivity index (χ2n) is 6.29. The number of carbonyl (C=O) groups excluding carboxylic acids is 1. The van der Waals surface area contributed by atoms with Gasteiger partial charge in [0.25, 0.3) is 0 Å². The highest BCUT2D eigenvalue weighted by atomic mass is 32.2. The third-order valence-corrected chi connectivity index (χ3v) is 5.08. The molecule has 136 valence electrons. The van der Waals surface area contributed by atoms with E-state index in [1.165, 1.54) is 10.6 Å². The van der Waals surface area contributed by atoms with Crippen LogP contribution in [0.1, 0.15) is 50.2 Å². The Morgan fingerprint density at radius 3 is 2.50 bits per heavy atom. The summed E-state index contributed by atoms with van der Waals surface area (Å²) in [4.78, 5) is 11.8. The minimum Gasteiger partial charge on any atom is -0.356 e. The van der Waals surface area contributed by atoms with Gasteiger partial charge in [-0.3, -0.25) is 9.10 Å². The molecule has 0 aliphatic heterocycles. The highest BCUT2D eigenvalue weighted by Gasteiger charge is 2.19. The Bertz CT molecular complexity index is 642. The van der Waals surface area contributed by atoms with Crippen LogP contribution >= 0.6 is 0 Å². The average molecular weight is 355 g/mol. The molecule has 0 radical (unpaired) electrons. The number of rotatable bonds is 10. The van der Waals surface area contributed by atoms with Crippen LogP contribution in [0.15, 0.2) is 18.2 Å². The Morgan fingerprint density at radius 2 is 1.88 bits per heavy atom. The second-order valence-corrected chi connectivity index (χ2v) is 8.19. The fraction of sp³-hybridized carbons (Fsp3) is 0.611. The van der Waals surface area contributed by atoms with Crippen LogP contribution < -0.4 is 9.62 Å². The van der Waals surface area contributed by atoms with Crippen molar-refractivity contribution in [1.29, 1.82) is 0 Å². The third-order valence-electron chi connectivity index (χ3n) is 3.90. The first-order chi connectivity index (χ1) is 11.3. The Hall–Kier alpha value is -1.56. The summed E-state index contributed by atoms with van der Waals surface area (Å²) in [6.07, 6.45) is 5.26. The van der Waals surface area contributed by atoms with Crippen molar-refractivity contribution >= 4 is 21.6 Å². The van der Waals surface area contributed by atoms with Gasteiger partial charge in [-0.05, 0) is 43.9 Å². The van der Waals surface area contributed by atoms with Crippen LogP contribution in [-0.2, 0) is 14.8 Å². The van der Waals surface area contributed by atoms with Crippen molar-refractivity contribution in [1.82, 2.24) is 5.32 Å². The molecule has 1 aromatic carbocycles. The molecule has 0 atom stereocenters. The first-order valence-corrected chi connectivity index (χ1v) is 10.4. The fourth-order valence-electron chi connectivity index (χ4n) is 2.53. The number of carbonyl (C=O) groups is 1. The summed E-state index contributed by atoms with van der Waals surface area (Å²) in [7, 11) is -3.38. The summed E-state index contributed by atoms with van der Waals surface area (Å²) in [5.74, 6) is -0.0134.